The highest BCUT2D eigenvalue weighted by molar-refractivity contribution is 7.18. The number of hydrogen-bond acceptors (Lipinski definition) is 8. The smallest absolute Gasteiger partial charge is 0.348 e. The largest absolute Gasteiger partial charge is 0.497 e. The van der Waals surface area contributed by atoms with Crippen molar-refractivity contribution >= 4 is 34.3 Å². The predicted octanol–water partition coefficient (Wildman–Crippen LogP) is 4.80. The van der Waals surface area contributed by atoms with E-state index in [4.69, 9.17) is 18.9 Å². The molecule has 0 spiro atoms. The first-order chi connectivity index (χ1) is 16.4. The molecule has 0 bridgehead atoms. The number of benzene rings is 1. The topological polar surface area (TPSA) is 103 Å². The summed E-state index contributed by atoms with van der Waals surface area (Å²) in [6.45, 7) is 5.94. The number of amides is 2. The average Bonchev–Trinajstić information content (AvgIpc) is 3.43. The Hall–Kier alpha value is -3.27. The van der Waals surface area contributed by atoms with Gasteiger partial charge >= 0.3 is 18.0 Å². The van der Waals surface area contributed by atoms with Gasteiger partial charge < -0.3 is 23.8 Å². The molecule has 1 aliphatic rings. The van der Waals surface area contributed by atoms with Crippen molar-refractivity contribution in [1.29, 1.82) is 0 Å². The van der Waals surface area contributed by atoms with Crippen LogP contribution in [-0.2, 0) is 9.47 Å². The van der Waals surface area contributed by atoms with Gasteiger partial charge in [-0.25, -0.2) is 14.4 Å². The van der Waals surface area contributed by atoms with Crippen molar-refractivity contribution in [3.05, 3.63) is 39.8 Å². The number of urea groups is 1. The molecule has 1 N–H and O–H groups in total. The first kappa shape index (κ1) is 25.4. The molecule has 0 aliphatic carbocycles. The van der Waals surface area contributed by atoms with Crippen molar-refractivity contribution in [2.75, 3.05) is 39.3 Å². The van der Waals surface area contributed by atoms with E-state index in [-0.39, 0.29) is 40.7 Å². The average molecular weight is 491 g/mol. The lowest BCUT2D eigenvalue weighted by Gasteiger charge is -2.26. The number of rotatable bonds is 8. The summed E-state index contributed by atoms with van der Waals surface area (Å²) in [5.74, 6) is 0.181. The second-order valence-corrected chi connectivity index (χ2v) is 8.61. The first-order valence-electron chi connectivity index (χ1n) is 11.1. The first-order valence-corrected chi connectivity index (χ1v) is 11.9. The van der Waals surface area contributed by atoms with E-state index < -0.39 is 11.9 Å². The Kier molecular flexibility index (Phi) is 8.38. The fourth-order valence-corrected chi connectivity index (χ4v) is 5.12. The minimum absolute atomic E-state index is 0.165. The van der Waals surface area contributed by atoms with Crippen LogP contribution in [0.4, 0.5) is 9.80 Å². The molecule has 2 aromatic rings. The van der Waals surface area contributed by atoms with E-state index in [0.29, 0.717) is 23.6 Å². The molecule has 34 heavy (non-hydrogen) atoms. The van der Waals surface area contributed by atoms with Crippen LogP contribution >= 0.6 is 11.3 Å². The maximum Gasteiger partial charge on any atom is 0.348 e. The molecule has 184 valence electrons. The fourth-order valence-electron chi connectivity index (χ4n) is 4.04. The van der Waals surface area contributed by atoms with Crippen LogP contribution < -0.4 is 14.8 Å². The molecule has 10 heteroatoms. The molecule has 1 atom stereocenters. The van der Waals surface area contributed by atoms with Crippen LogP contribution in [0.15, 0.2) is 18.2 Å². The molecule has 3 rings (SSSR count). The quantitative estimate of drug-likeness (QED) is 0.530. The van der Waals surface area contributed by atoms with Crippen LogP contribution in [0.25, 0.3) is 0 Å². The number of carbonyl (C=O) groups excluding carboxylic acids is 3. The van der Waals surface area contributed by atoms with E-state index in [1.807, 2.05) is 12.1 Å². The Bertz CT molecular complexity index is 1070. The van der Waals surface area contributed by atoms with Crippen LogP contribution in [0, 0.1) is 6.92 Å². The van der Waals surface area contributed by atoms with Gasteiger partial charge in [0.15, 0.2) is 0 Å². The second kappa shape index (κ2) is 11.2. The van der Waals surface area contributed by atoms with Crippen LogP contribution in [0.2, 0.25) is 0 Å². The molecule has 9 nitrogen and oxygen atoms in total. The number of anilines is 1. The number of carbonyl (C=O) groups is 3. The Morgan fingerprint density at radius 3 is 2.44 bits per heavy atom. The highest BCUT2D eigenvalue weighted by Gasteiger charge is 2.34. The molecule has 0 saturated carbocycles. The van der Waals surface area contributed by atoms with Crippen molar-refractivity contribution in [3.63, 3.8) is 0 Å². The normalized spacial score (nSPS) is 15.1. The number of nitrogens with zero attached hydrogens (tertiary/aromatic N) is 1. The van der Waals surface area contributed by atoms with Gasteiger partial charge in [0.1, 0.15) is 21.4 Å². The maximum atomic E-state index is 13.4. The van der Waals surface area contributed by atoms with E-state index in [1.54, 1.807) is 46.0 Å². The number of esters is 2. The van der Waals surface area contributed by atoms with Crippen LogP contribution in [0.3, 0.4) is 0 Å². The van der Waals surface area contributed by atoms with E-state index in [2.05, 4.69) is 5.32 Å². The van der Waals surface area contributed by atoms with Crippen molar-refractivity contribution in [2.45, 2.75) is 39.7 Å². The molecule has 1 aromatic carbocycles. The number of nitrogens with one attached hydrogen (secondary N) is 1. The predicted molar refractivity (Wildman–Crippen MR) is 128 cm³/mol. The van der Waals surface area contributed by atoms with Gasteiger partial charge in [-0.1, -0.05) is 0 Å². The highest BCUT2D eigenvalue weighted by atomic mass is 32.1. The minimum Gasteiger partial charge on any atom is -0.497 e. The number of thiophene rings is 1. The van der Waals surface area contributed by atoms with Gasteiger partial charge in [0.05, 0.1) is 39.0 Å². The molecule has 0 radical (unpaired) electrons. The van der Waals surface area contributed by atoms with Gasteiger partial charge in [0.2, 0.25) is 0 Å². The van der Waals surface area contributed by atoms with Crippen LogP contribution in [-0.4, -0.2) is 56.8 Å². The summed E-state index contributed by atoms with van der Waals surface area (Å²) < 4.78 is 21.2. The summed E-state index contributed by atoms with van der Waals surface area (Å²) in [6.07, 6.45) is 1.56. The summed E-state index contributed by atoms with van der Waals surface area (Å²) in [7, 11) is 3.17. The van der Waals surface area contributed by atoms with Gasteiger partial charge in [0, 0.05) is 12.1 Å². The van der Waals surface area contributed by atoms with Crippen LogP contribution in [0.5, 0.6) is 11.5 Å². The van der Waals surface area contributed by atoms with Crippen LogP contribution in [0.1, 0.15) is 63.9 Å². The standard InChI is InChI=1S/C24H30N2O7S/c1-6-32-22(27)19-14(3)20(23(28)33-7-2)34-21(19)25-24(29)26-12-8-9-17(26)16-13-15(30-4)10-11-18(16)31-5/h10-11,13,17H,6-9,12H2,1-5H3,(H,25,29). The number of methoxy groups -OCH3 is 2. The zero-order chi connectivity index (χ0) is 24.8. The Morgan fingerprint density at radius 1 is 1.09 bits per heavy atom. The maximum absolute atomic E-state index is 13.4. The molecule has 1 fully saturated rings. The highest BCUT2D eigenvalue weighted by Crippen LogP contribution is 2.40. The zero-order valence-corrected chi connectivity index (χ0v) is 20.9. The summed E-state index contributed by atoms with van der Waals surface area (Å²) in [6, 6.07) is 4.87. The minimum atomic E-state index is -0.602. The van der Waals surface area contributed by atoms with Crippen molar-refractivity contribution < 1.29 is 33.3 Å². The third-order valence-electron chi connectivity index (χ3n) is 5.62. The Labute approximate surface area is 202 Å². The molecule has 1 aromatic heterocycles. The van der Waals surface area contributed by atoms with E-state index >= 15 is 0 Å². The number of ether oxygens (including phenoxy) is 4. The van der Waals surface area contributed by atoms with E-state index in [1.165, 1.54) is 0 Å². The molecular formula is C24H30N2O7S. The lowest BCUT2D eigenvalue weighted by Crippen LogP contribution is -2.34. The lowest BCUT2D eigenvalue weighted by molar-refractivity contribution is 0.0527. The second-order valence-electron chi connectivity index (χ2n) is 7.59. The molecule has 2 amide bonds. The Balaban J connectivity index is 1.93. The lowest BCUT2D eigenvalue weighted by atomic mass is 10.0. The third kappa shape index (κ3) is 5.11. The molecule has 1 aliphatic heterocycles. The van der Waals surface area contributed by atoms with Crippen molar-refractivity contribution in [2.24, 2.45) is 0 Å². The Morgan fingerprint density at radius 2 is 1.79 bits per heavy atom. The molecule has 2 heterocycles. The summed E-state index contributed by atoms with van der Waals surface area (Å²) >= 11 is 1.01. The van der Waals surface area contributed by atoms with Gasteiger partial charge in [-0.15, -0.1) is 11.3 Å². The summed E-state index contributed by atoms with van der Waals surface area (Å²) in [4.78, 5) is 40.4. The van der Waals surface area contributed by atoms with Crippen molar-refractivity contribution in [1.82, 2.24) is 4.90 Å². The molecular weight excluding hydrogens is 460 g/mol. The fraction of sp³-hybridized carbons (Fsp3) is 0.458. The summed E-state index contributed by atoms with van der Waals surface area (Å²) in [5.41, 5.74) is 1.43. The van der Waals surface area contributed by atoms with Gasteiger partial charge in [-0.3, -0.25) is 5.32 Å². The van der Waals surface area contributed by atoms with Gasteiger partial charge in [-0.2, -0.15) is 0 Å². The number of likely N-dealkylation sites (tertiary alicyclic amines) is 1. The summed E-state index contributed by atoms with van der Waals surface area (Å²) in [5, 5.41) is 3.10. The van der Waals surface area contributed by atoms with Gasteiger partial charge in [0.25, 0.3) is 0 Å². The SMILES string of the molecule is CCOC(=O)c1sc(NC(=O)N2CCCC2c2cc(OC)ccc2OC)c(C(=O)OCC)c1C. The van der Waals surface area contributed by atoms with Crippen molar-refractivity contribution in [3.8, 4) is 11.5 Å². The number of hydrogen-bond donors (Lipinski definition) is 1. The van der Waals surface area contributed by atoms with E-state index in [0.717, 1.165) is 29.7 Å². The van der Waals surface area contributed by atoms with E-state index in [9.17, 15) is 14.4 Å². The molecule has 1 saturated heterocycles. The zero-order valence-electron chi connectivity index (χ0n) is 20.1. The van der Waals surface area contributed by atoms with Gasteiger partial charge in [-0.05, 0) is 57.4 Å². The molecule has 1 unspecified atom stereocenters. The monoisotopic (exact) mass is 490 g/mol. The third-order valence-corrected chi connectivity index (χ3v) is 6.80.